The SMILES string of the molecule is CC(C)n1cnc2c(NCCOc3ccccc3)nc(Nc3cccc(N(C)C)c3)nc21. The zero-order valence-electron chi connectivity index (χ0n) is 18.9. The average Bonchev–Trinajstić information content (AvgIpc) is 3.22. The largest absolute Gasteiger partial charge is 0.492 e. The molecule has 2 aromatic heterocycles. The van der Waals surface area contributed by atoms with E-state index >= 15 is 0 Å². The first-order valence-electron chi connectivity index (χ1n) is 10.7. The molecule has 8 nitrogen and oxygen atoms in total. The highest BCUT2D eigenvalue weighted by Gasteiger charge is 2.15. The summed E-state index contributed by atoms with van der Waals surface area (Å²) in [5.41, 5.74) is 3.54. The van der Waals surface area contributed by atoms with E-state index in [-0.39, 0.29) is 6.04 Å². The summed E-state index contributed by atoms with van der Waals surface area (Å²) in [7, 11) is 4.03. The summed E-state index contributed by atoms with van der Waals surface area (Å²) < 4.78 is 7.84. The summed E-state index contributed by atoms with van der Waals surface area (Å²) in [4.78, 5) is 16.1. The molecule has 0 radical (unpaired) electrons. The molecular weight excluding hydrogens is 402 g/mol. The van der Waals surface area contributed by atoms with E-state index in [1.807, 2.05) is 67.5 Å². The molecule has 4 aromatic rings. The van der Waals surface area contributed by atoms with E-state index in [1.54, 1.807) is 0 Å². The van der Waals surface area contributed by atoms with Crippen LogP contribution in [-0.2, 0) is 0 Å². The Morgan fingerprint density at radius 1 is 1.03 bits per heavy atom. The van der Waals surface area contributed by atoms with E-state index in [4.69, 9.17) is 14.7 Å². The van der Waals surface area contributed by atoms with Gasteiger partial charge in [-0.25, -0.2) is 4.98 Å². The molecule has 0 saturated heterocycles. The molecule has 0 aliphatic carbocycles. The molecule has 0 bridgehead atoms. The molecule has 0 atom stereocenters. The van der Waals surface area contributed by atoms with Gasteiger partial charge in [0.2, 0.25) is 5.95 Å². The third-order valence-corrected chi connectivity index (χ3v) is 5.00. The molecule has 0 aliphatic heterocycles. The first-order chi connectivity index (χ1) is 15.5. The topological polar surface area (TPSA) is 80.1 Å². The highest BCUT2D eigenvalue weighted by Crippen LogP contribution is 2.26. The number of imidazole rings is 1. The van der Waals surface area contributed by atoms with E-state index in [1.165, 1.54) is 0 Å². The molecule has 32 heavy (non-hydrogen) atoms. The minimum Gasteiger partial charge on any atom is -0.492 e. The fourth-order valence-corrected chi connectivity index (χ4v) is 3.32. The van der Waals surface area contributed by atoms with Gasteiger partial charge in [-0.3, -0.25) is 0 Å². The molecule has 0 spiro atoms. The van der Waals surface area contributed by atoms with Crippen molar-refractivity contribution in [3.8, 4) is 5.75 Å². The Bertz CT molecular complexity index is 1170. The number of ether oxygens (including phenoxy) is 1. The molecule has 2 heterocycles. The number of aromatic nitrogens is 4. The molecule has 4 rings (SSSR count). The highest BCUT2D eigenvalue weighted by molar-refractivity contribution is 5.85. The van der Waals surface area contributed by atoms with Crippen LogP contribution >= 0.6 is 0 Å². The van der Waals surface area contributed by atoms with Crippen LogP contribution in [0.4, 0.5) is 23.1 Å². The maximum absolute atomic E-state index is 5.79. The number of para-hydroxylation sites is 1. The van der Waals surface area contributed by atoms with Crippen molar-refractivity contribution in [3.05, 3.63) is 60.9 Å². The number of benzene rings is 2. The number of hydrogen-bond acceptors (Lipinski definition) is 7. The maximum atomic E-state index is 5.79. The second kappa shape index (κ2) is 9.55. The molecule has 0 aliphatic rings. The Kier molecular flexibility index (Phi) is 6.39. The van der Waals surface area contributed by atoms with E-state index < -0.39 is 0 Å². The van der Waals surface area contributed by atoms with Gasteiger partial charge in [-0.1, -0.05) is 24.3 Å². The van der Waals surface area contributed by atoms with Crippen molar-refractivity contribution in [2.24, 2.45) is 0 Å². The summed E-state index contributed by atoms with van der Waals surface area (Å²) in [5.74, 6) is 2.04. The van der Waals surface area contributed by atoms with Crippen molar-refractivity contribution in [3.63, 3.8) is 0 Å². The van der Waals surface area contributed by atoms with Crippen LogP contribution in [0.1, 0.15) is 19.9 Å². The lowest BCUT2D eigenvalue weighted by atomic mass is 10.2. The Morgan fingerprint density at radius 2 is 1.84 bits per heavy atom. The molecule has 8 heteroatoms. The van der Waals surface area contributed by atoms with Gasteiger partial charge < -0.3 is 24.8 Å². The van der Waals surface area contributed by atoms with Crippen LogP contribution in [0.2, 0.25) is 0 Å². The van der Waals surface area contributed by atoms with Crippen LogP contribution in [0.5, 0.6) is 5.75 Å². The molecule has 0 amide bonds. The number of nitrogens with zero attached hydrogens (tertiary/aromatic N) is 5. The van der Waals surface area contributed by atoms with Gasteiger partial charge in [-0.05, 0) is 44.2 Å². The lowest BCUT2D eigenvalue weighted by Gasteiger charge is -2.15. The van der Waals surface area contributed by atoms with Crippen molar-refractivity contribution in [1.29, 1.82) is 0 Å². The summed E-state index contributed by atoms with van der Waals surface area (Å²) in [6.45, 7) is 5.31. The Balaban J connectivity index is 1.57. The molecule has 2 N–H and O–H groups in total. The monoisotopic (exact) mass is 431 g/mol. The lowest BCUT2D eigenvalue weighted by molar-refractivity contribution is 0.333. The quantitative estimate of drug-likeness (QED) is 0.372. The van der Waals surface area contributed by atoms with Gasteiger partial charge in [0.25, 0.3) is 0 Å². The number of nitrogens with one attached hydrogen (secondary N) is 2. The number of fused-ring (bicyclic) bond motifs is 1. The van der Waals surface area contributed by atoms with E-state index in [9.17, 15) is 0 Å². The first kappa shape index (κ1) is 21.4. The van der Waals surface area contributed by atoms with E-state index in [0.29, 0.717) is 24.9 Å². The van der Waals surface area contributed by atoms with Gasteiger partial charge in [-0.15, -0.1) is 0 Å². The predicted molar refractivity (Wildman–Crippen MR) is 130 cm³/mol. The number of hydrogen-bond donors (Lipinski definition) is 2. The van der Waals surface area contributed by atoms with Gasteiger partial charge in [0.05, 0.1) is 12.9 Å². The highest BCUT2D eigenvalue weighted by atomic mass is 16.5. The van der Waals surface area contributed by atoms with E-state index in [2.05, 4.69) is 46.5 Å². The van der Waals surface area contributed by atoms with Gasteiger partial charge in [0.15, 0.2) is 17.0 Å². The zero-order valence-corrected chi connectivity index (χ0v) is 18.9. The maximum Gasteiger partial charge on any atom is 0.231 e. The van der Waals surface area contributed by atoms with Gasteiger partial charge in [0.1, 0.15) is 12.4 Å². The average molecular weight is 432 g/mol. The van der Waals surface area contributed by atoms with Crippen molar-refractivity contribution >= 4 is 34.3 Å². The van der Waals surface area contributed by atoms with Crippen LogP contribution in [-0.4, -0.2) is 46.8 Å². The third kappa shape index (κ3) is 4.91. The van der Waals surface area contributed by atoms with E-state index in [0.717, 1.165) is 28.3 Å². The van der Waals surface area contributed by atoms with Gasteiger partial charge >= 0.3 is 0 Å². The minimum absolute atomic E-state index is 0.231. The summed E-state index contributed by atoms with van der Waals surface area (Å²) in [5, 5.41) is 6.71. The van der Waals surface area contributed by atoms with Crippen molar-refractivity contribution in [1.82, 2.24) is 19.5 Å². The normalized spacial score (nSPS) is 11.0. The lowest BCUT2D eigenvalue weighted by Crippen LogP contribution is -2.14. The number of anilines is 4. The van der Waals surface area contributed by atoms with Crippen LogP contribution in [0.25, 0.3) is 11.2 Å². The van der Waals surface area contributed by atoms with Crippen LogP contribution in [0, 0.1) is 0 Å². The molecule has 2 aromatic carbocycles. The smallest absolute Gasteiger partial charge is 0.231 e. The summed E-state index contributed by atoms with van der Waals surface area (Å²) >= 11 is 0. The van der Waals surface area contributed by atoms with Crippen molar-refractivity contribution in [2.75, 3.05) is 42.8 Å². The van der Waals surface area contributed by atoms with Gasteiger partial charge in [0, 0.05) is 31.5 Å². The van der Waals surface area contributed by atoms with Crippen LogP contribution in [0.15, 0.2) is 60.9 Å². The molecule has 166 valence electrons. The molecule has 0 fully saturated rings. The van der Waals surface area contributed by atoms with Crippen LogP contribution in [0.3, 0.4) is 0 Å². The second-order valence-electron chi connectivity index (χ2n) is 7.97. The van der Waals surface area contributed by atoms with Crippen molar-refractivity contribution < 1.29 is 4.74 Å². The van der Waals surface area contributed by atoms with Gasteiger partial charge in [-0.2, -0.15) is 9.97 Å². The first-order valence-corrected chi connectivity index (χ1v) is 10.7. The third-order valence-electron chi connectivity index (χ3n) is 5.00. The molecular formula is C24H29N7O. The predicted octanol–water partition coefficient (Wildman–Crippen LogP) is 4.71. The molecule has 0 unspecified atom stereocenters. The van der Waals surface area contributed by atoms with Crippen molar-refractivity contribution in [2.45, 2.75) is 19.9 Å². The fraction of sp³-hybridized carbons (Fsp3) is 0.292. The fourth-order valence-electron chi connectivity index (χ4n) is 3.32. The minimum atomic E-state index is 0.231. The Labute approximate surface area is 188 Å². The Morgan fingerprint density at radius 3 is 2.59 bits per heavy atom. The standard InChI is InChI=1S/C24H29N7O/c1-17(2)31-16-26-21-22(25-13-14-32-20-11-6-5-7-12-20)28-24(29-23(21)31)27-18-9-8-10-19(15-18)30(3)4/h5-12,15-17H,13-14H2,1-4H3,(H2,25,27,28,29). The Hall–Kier alpha value is -3.81. The summed E-state index contributed by atoms with van der Waals surface area (Å²) in [6, 6.07) is 18.1. The molecule has 0 saturated carbocycles. The summed E-state index contributed by atoms with van der Waals surface area (Å²) in [6.07, 6.45) is 1.81. The second-order valence-corrected chi connectivity index (χ2v) is 7.97. The zero-order chi connectivity index (χ0) is 22.5. The number of rotatable bonds is 9. The van der Waals surface area contributed by atoms with Crippen LogP contribution < -0.4 is 20.3 Å².